The first kappa shape index (κ1) is 11.0. The van der Waals surface area contributed by atoms with Gasteiger partial charge in [0.1, 0.15) is 11.6 Å². The molecular formula is C11H12F2N2O. The molecular weight excluding hydrogens is 214 g/mol. The lowest BCUT2D eigenvalue weighted by Crippen LogP contribution is -2.35. The third-order valence-electron chi connectivity index (χ3n) is 2.51. The standard InChI is InChI=1S/C11H12F2N2O/c12-7-4-8(13)6-9(5-7)15-11(16)10-2-1-3-14-10/h4-6,10,14H,1-3H2,(H,15,16)/t10-/m1/s1. The molecule has 1 aliphatic heterocycles. The molecule has 1 aromatic rings. The van der Waals surface area contributed by atoms with Crippen molar-refractivity contribution in [2.24, 2.45) is 0 Å². The van der Waals surface area contributed by atoms with Crippen LogP contribution in [0.15, 0.2) is 18.2 Å². The van der Waals surface area contributed by atoms with Gasteiger partial charge in [-0.1, -0.05) is 0 Å². The van der Waals surface area contributed by atoms with E-state index in [0.29, 0.717) is 0 Å². The number of benzene rings is 1. The highest BCUT2D eigenvalue weighted by Crippen LogP contribution is 2.14. The molecule has 2 rings (SSSR count). The second-order valence-corrected chi connectivity index (χ2v) is 3.80. The monoisotopic (exact) mass is 226 g/mol. The van der Waals surface area contributed by atoms with Gasteiger partial charge >= 0.3 is 0 Å². The van der Waals surface area contributed by atoms with Gasteiger partial charge in [0.2, 0.25) is 5.91 Å². The van der Waals surface area contributed by atoms with Gasteiger partial charge in [-0.3, -0.25) is 4.79 Å². The Labute approximate surface area is 91.8 Å². The van der Waals surface area contributed by atoms with Crippen LogP contribution in [0.4, 0.5) is 14.5 Å². The summed E-state index contributed by atoms with van der Waals surface area (Å²) < 4.78 is 25.7. The van der Waals surface area contributed by atoms with Gasteiger partial charge in [0.05, 0.1) is 6.04 Å². The summed E-state index contributed by atoms with van der Waals surface area (Å²) in [7, 11) is 0. The Morgan fingerprint density at radius 3 is 2.56 bits per heavy atom. The van der Waals surface area contributed by atoms with E-state index in [9.17, 15) is 13.6 Å². The maximum Gasteiger partial charge on any atom is 0.241 e. The Hall–Kier alpha value is -1.49. The Morgan fingerprint density at radius 1 is 1.31 bits per heavy atom. The van der Waals surface area contributed by atoms with Crippen LogP contribution in [0.2, 0.25) is 0 Å². The van der Waals surface area contributed by atoms with E-state index in [1.54, 1.807) is 0 Å². The molecule has 0 aliphatic carbocycles. The summed E-state index contributed by atoms with van der Waals surface area (Å²) in [5, 5.41) is 5.49. The first-order chi connectivity index (χ1) is 7.65. The summed E-state index contributed by atoms with van der Waals surface area (Å²) in [6.07, 6.45) is 1.69. The van der Waals surface area contributed by atoms with Gasteiger partial charge in [0.15, 0.2) is 0 Å². The number of nitrogens with one attached hydrogen (secondary N) is 2. The zero-order chi connectivity index (χ0) is 11.5. The van der Waals surface area contributed by atoms with Gasteiger partial charge in [-0.2, -0.15) is 0 Å². The van der Waals surface area contributed by atoms with E-state index >= 15 is 0 Å². The molecule has 5 heteroatoms. The van der Waals surface area contributed by atoms with Crippen LogP contribution in [-0.2, 0) is 4.79 Å². The van der Waals surface area contributed by atoms with E-state index in [-0.39, 0.29) is 17.6 Å². The fraction of sp³-hybridized carbons (Fsp3) is 0.364. The van der Waals surface area contributed by atoms with Crippen LogP contribution in [0.1, 0.15) is 12.8 Å². The third-order valence-corrected chi connectivity index (χ3v) is 2.51. The van der Waals surface area contributed by atoms with E-state index in [2.05, 4.69) is 10.6 Å². The summed E-state index contributed by atoms with van der Waals surface area (Å²) >= 11 is 0. The van der Waals surface area contributed by atoms with E-state index in [1.807, 2.05) is 0 Å². The Kier molecular flexibility index (Phi) is 3.14. The average Bonchev–Trinajstić information content (AvgIpc) is 2.68. The van der Waals surface area contributed by atoms with Crippen LogP contribution >= 0.6 is 0 Å². The van der Waals surface area contributed by atoms with Crippen LogP contribution in [0.5, 0.6) is 0 Å². The molecule has 1 amide bonds. The minimum absolute atomic E-state index is 0.149. The SMILES string of the molecule is O=C(Nc1cc(F)cc(F)c1)[C@H]1CCCN1. The van der Waals surface area contributed by atoms with Gasteiger partial charge in [0.25, 0.3) is 0 Å². The zero-order valence-electron chi connectivity index (χ0n) is 8.59. The molecule has 16 heavy (non-hydrogen) atoms. The maximum atomic E-state index is 12.8. The lowest BCUT2D eigenvalue weighted by Gasteiger charge is -2.11. The van der Waals surface area contributed by atoms with Gasteiger partial charge in [-0.05, 0) is 31.5 Å². The molecule has 0 spiro atoms. The minimum Gasteiger partial charge on any atom is -0.325 e. The number of carbonyl (C=O) groups excluding carboxylic acids is 1. The molecule has 2 N–H and O–H groups in total. The lowest BCUT2D eigenvalue weighted by atomic mass is 10.2. The molecule has 0 radical (unpaired) electrons. The van der Waals surface area contributed by atoms with Crippen LogP contribution in [0.3, 0.4) is 0 Å². The number of carbonyl (C=O) groups is 1. The molecule has 1 fully saturated rings. The van der Waals surface area contributed by atoms with Crippen molar-refractivity contribution in [3.63, 3.8) is 0 Å². The highest BCUT2D eigenvalue weighted by atomic mass is 19.1. The summed E-state index contributed by atoms with van der Waals surface area (Å²) in [6, 6.07) is 2.70. The van der Waals surface area contributed by atoms with Crippen LogP contribution in [0, 0.1) is 11.6 Å². The minimum atomic E-state index is -0.699. The average molecular weight is 226 g/mol. The fourth-order valence-corrected chi connectivity index (χ4v) is 1.76. The second-order valence-electron chi connectivity index (χ2n) is 3.80. The first-order valence-electron chi connectivity index (χ1n) is 5.15. The Bertz CT molecular complexity index is 383. The summed E-state index contributed by atoms with van der Waals surface area (Å²) in [4.78, 5) is 11.6. The largest absolute Gasteiger partial charge is 0.325 e. The third kappa shape index (κ3) is 2.55. The van der Waals surface area contributed by atoms with Crippen molar-refractivity contribution in [3.8, 4) is 0 Å². The number of hydrogen-bond donors (Lipinski definition) is 2. The van der Waals surface area contributed by atoms with Crippen molar-refractivity contribution in [2.75, 3.05) is 11.9 Å². The summed E-state index contributed by atoms with van der Waals surface area (Å²) in [5.41, 5.74) is 0.149. The van der Waals surface area contributed by atoms with Crippen molar-refractivity contribution in [1.29, 1.82) is 0 Å². The van der Waals surface area contributed by atoms with Crippen molar-refractivity contribution in [1.82, 2.24) is 5.32 Å². The molecule has 86 valence electrons. The predicted octanol–water partition coefficient (Wildman–Crippen LogP) is 1.66. The Balaban J connectivity index is 2.05. The quantitative estimate of drug-likeness (QED) is 0.805. The van der Waals surface area contributed by atoms with E-state index in [0.717, 1.165) is 37.6 Å². The van der Waals surface area contributed by atoms with Crippen molar-refractivity contribution >= 4 is 11.6 Å². The van der Waals surface area contributed by atoms with E-state index in [1.165, 1.54) is 0 Å². The van der Waals surface area contributed by atoms with Gasteiger partial charge < -0.3 is 10.6 Å². The molecule has 1 heterocycles. The molecule has 0 saturated carbocycles. The summed E-state index contributed by atoms with van der Waals surface area (Å²) in [6.45, 7) is 0.801. The predicted molar refractivity (Wildman–Crippen MR) is 56.0 cm³/mol. The normalized spacial score (nSPS) is 19.8. The number of hydrogen-bond acceptors (Lipinski definition) is 2. The molecule has 1 saturated heterocycles. The summed E-state index contributed by atoms with van der Waals surface area (Å²) in [5.74, 6) is -1.65. The second kappa shape index (κ2) is 4.57. The van der Waals surface area contributed by atoms with Gasteiger partial charge in [0, 0.05) is 11.8 Å². The molecule has 0 aromatic heterocycles. The molecule has 1 atom stereocenters. The molecule has 0 unspecified atom stereocenters. The number of halogens is 2. The highest BCUT2D eigenvalue weighted by molar-refractivity contribution is 5.94. The van der Waals surface area contributed by atoms with Crippen molar-refractivity contribution < 1.29 is 13.6 Å². The highest BCUT2D eigenvalue weighted by Gasteiger charge is 2.22. The molecule has 0 bridgehead atoms. The molecule has 1 aromatic carbocycles. The van der Waals surface area contributed by atoms with E-state index in [4.69, 9.17) is 0 Å². The topological polar surface area (TPSA) is 41.1 Å². The van der Waals surface area contributed by atoms with Crippen molar-refractivity contribution in [3.05, 3.63) is 29.8 Å². The van der Waals surface area contributed by atoms with E-state index < -0.39 is 11.6 Å². The lowest BCUT2D eigenvalue weighted by molar-refractivity contribution is -0.117. The van der Waals surface area contributed by atoms with Crippen LogP contribution < -0.4 is 10.6 Å². The van der Waals surface area contributed by atoms with Crippen LogP contribution in [-0.4, -0.2) is 18.5 Å². The molecule has 1 aliphatic rings. The van der Waals surface area contributed by atoms with Crippen LogP contribution in [0.25, 0.3) is 0 Å². The van der Waals surface area contributed by atoms with Gasteiger partial charge in [-0.25, -0.2) is 8.78 Å². The number of anilines is 1. The van der Waals surface area contributed by atoms with Crippen molar-refractivity contribution in [2.45, 2.75) is 18.9 Å². The molecule has 3 nitrogen and oxygen atoms in total. The van der Waals surface area contributed by atoms with Gasteiger partial charge in [-0.15, -0.1) is 0 Å². The smallest absolute Gasteiger partial charge is 0.241 e. The number of rotatable bonds is 2. The zero-order valence-corrected chi connectivity index (χ0v) is 8.59. The number of amides is 1. The first-order valence-corrected chi connectivity index (χ1v) is 5.15. The maximum absolute atomic E-state index is 12.8. The Morgan fingerprint density at radius 2 is 2.00 bits per heavy atom. The fourth-order valence-electron chi connectivity index (χ4n) is 1.76.